The molecule has 1 aliphatic heterocycles. The number of alkyl halides is 1. The van der Waals surface area contributed by atoms with Crippen LogP contribution in [0.1, 0.15) is 39.0 Å². The number of rotatable bonds is 3. The molecule has 0 bridgehead atoms. The molecule has 1 unspecified atom stereocenters. The summed E-state index contributed by atoms with van der Waals surface area (Å²) in [7, 11) is 0. The molecule has 2 nitrogen and oxygen atoms in total. The van der Waals surface area contributed by atoms with Gasteiger partial charge in [0.25, 0.3) is 0 Å². The first kappa shape index (κ1) is 11.9. The lowest BCUT2D eigenvalue weighted by Gasteiger charge is -2.39. The van der Waals surface area contributed by atoms with Crippen LogP contribution in [0.4, 0.5) is 0 Å². The highest BCUT2D eigenvalue weighted by atomic mass is 79.9. The highest BCUT2D eigenvalue weighted by Gasteiger charge is 2.37. The Kier molecular flexibility index (Phi) is 4.08. The molecular weight excluding hydrogens is 256 g/mol. The van der Waals surface area contributed by atoms with Gasteiger partial charge in [0.2, 0.25) is 0 Å². The Bertz CT molecular complexity index is 194. The predicted molar refractivity (Wildman–Crippen MR) is 64.5 cm³/mol. The Hall–Kier alpha value is 0.400. The molecule has 0 N–H and O–H groups in total. The third-order valence-electron chi connectivity index (χ3n) is 3.73. The van der Waals surface area contributed by atoms with Gasteiger partial charge in [0.05, 0.1) is 18.3 Å². The first-order chi connectivity index (χ1) is 7.24. The van der Waals surface area contributed by atoms with Crippen molar-refractivity contribution in [3.8, 4) is 0 Å². The zero-order valence-corrected chi connectivity index (χ0v) is 11.1. The smallest absolute Gasteiger partial charge is 0.0838 e. The molecule has 88 valence electrons. The molecule has 0 radical (unpaired) electrons. The Morgan fingerprint density at radius 1 is 1.33 bits per heavy atom. The summed E-state index contributed by atoms with van der Waals surface area (Å²) in [5.74, 6) is 0.876. The molecule has 2 aliphatic rings. The van der Waals surface area contributed by atoms with Crippen molar-refractivity contribution in [1.82, 2.24) is 0 Å². The van der Waals surface area contributed by atoms with E-state index in [1.807, 2.05) is 0 Å². The van der Waals surface area contributed by atoms with Gasteiger partial charge in [-0.25, -0.2) is 0 Å². The van der Waals surface area contributed by atoms with E-state index >= 15 is 0 Å². The Morgan fingerprint density at radius 2 is 2.07 bits per heavy atom. The minimum atomic E-state index is 0.102. The second-order valence-corrected chi connectivity index (χ2v) is 5.66. The fraction of sp³-hybridized carbons (Fsp3) is 1.00. The molecule has 0 aromatic rings. The molecule has 1 saturated carbocycles. The lowest BCUT2D eigenvalue weighted by Crippen LogP contribution is -2.42. The van der Waals surface area contributed by atoms with Crippen LogP contribution in [0.5, 0.6) is 0 Å². The van der Waals surface area contributed by atoms with Gasteiger partial charge in [-0.3, -0.25) is 0 Å². The molecule has 3 heteroatoms. The van der Waals surface area contributed by atoms with Crippen LogP contribution in [-0.4, -0.2) is 30.2 Å². The molecule has 0 aromatic heterocycles. The summed E-state index contributed by atoms with van der Waals surface area (Å²) < 4.78 is 11.6. The maximum absolute atomic E-state index is 6.27. The Balaban J connectivity index is 1.89. The lowest BCUT2D eigenvalue weighted by molar-refractivity contribution is -0.103. The molecule has 1 saturated heterocycles. The molecule has 0 spiro atoms. The van der Waals surface area contributed by atoms with Gasteiger partial charge in [-0.1, -0.05) is 22.9 Å². The number of hydrogen-bond donors (Lipinski definition) is 0. The van der Waals surface area contributed by atoms with Gasteiger partial charge in [0.1, 0.15) is 0 Å². The maximum atomic E-state index is 6.27. The van der Waals surface area contributed by atoms with Gasteiger partial charge in [-0.2, -0.15) is 0 Å². The highest BCUT2D eigenvalue weighted by molar-refractivity contribution is 9.09. The second kappa shape index (κ2) is 5.15. The fourth-order valence-electron chi connectivity index (χ4n) is 2.53. The van der Waals surface area contributed by atoms with Gasteiger partial charge in [-0.15, -0.1) is 0 Å². The molecule has 0 aromatic carbocycles. The van der Waals surface area contributed by atoms with Crippen molar-refractivity contribution in [2.24, 2.45) is 5.92 Å². The lowest BCUT2D eigenvalue weighted by atomic mass is 9.80. The van der Waals surface area contributed by atoms with E-state index < -0.39 is 0 Å². The topological polar surface area (TPSA) is 18.5 Å². The summed E-state index contributed by atoms with van der Waals surface area (Å²) in [6.45, 7) is 4.01. The Labute approximate surface area is 101 Å². The van der Waals surface area contributed by atoms with Crippen LogP contribution >= 0.6 is 15.9 Å². The third-order valence-corrected chi connectivity index (χ3v) is 4.76. The Morgan fingerprint density at radius 3 is 2.60 bits per heavy atom. The van der Waals surface area contributed by atoms with Crippen LogP contribution in [0.15, 0.2) is 0 Å². The molecule has 2 rings (SSSR count). The van der Waals surface area contributed by atoms with Gasteiger partial charge in [-0.05, 0) is 38.0 Å². The molecule has 1 heterocycles. The van der Waals surface area contributed by atoms with Crippen LogP contribution in [0.3, 0.4) is 0 Å². The average Bonchev–Trinajstić information content (AvgIpc) is 2.75. The summed E-state index contributed by atoms with van der Waals surface area (Å²) in [4.78, 5) is 0. The van der Waals surface area contributed by atoms with Crippen molar-refractivity contribution in [2.75, 3.05) is 18.5 Å². The standard InChI is InChI=1S/C12H21BrO2/c1-10-2-5-12(9-13,6-3-10)15-11-4-7-14-8-11/h10-11H,2-9H2,1H3. The highest BCUT2D eigenvalue weighted by Crippen LogP contribution is 2.37. The van der Waals surface area contributed by atoms with Crippen molar-refractivity contribution in [3.63, 3.8) is 0 Å². The summed E-state index contributed by atoms with van der Waals surface area (Å²) in [6, 6.07) is 0. The summed E-state index contributed by atoms with van der Waals surface area (Å²) in [5.41, 5.74) is 0.102. The predicted octanol–water partition coefficient (Wildman–Crippen LogP) is 3.14. The number of halogens is 1. The largest absolute Gasteiger partial charge is 0.379 e. The SMILES string of the molecule is CC1CCC(CBr)(OC2CCOC2)CC1. The van der Waals surface area contributed by atoms with Crippen molar-refractivity contribution >= 4 is 15.9 Å². The minimum Gasteiger partial charge on any atom is -0.379 e. The van der Waals surface area contributed by atoms with Gasteiger partial charge in [0, 0.05) is 11.9 Å². The van der Waals surface area contributed by atoms with Gasteiger partial charge < -0.3 is 9.47 Å². The van der Waals surface area contributed by atoms with E-state index in [9.17, 15) is 0 Å². The van der Waals surface area contributed by atoms with Gasteiger partial charge >= 0.3 is 0 Å². The zero-order valence-electron chi connectivity index (χ0n) is 9.51. The van der Waals surface area contributed by atoms with E-state index in [1.165, 1.54) is 25.7 Å². The molecule has 2 fully saturated rings. The average molecular weight is 277 g/mol. The van der Waals surface area contributed by atoms with E-state index in [-0.39, 0.29) is 5.60 Å². The van der Waals surface area contributed by atoms with E-state index in [0.29, 0.717) is 6.10 Å². The van der Waals surface area contributed by atoms with Crippen LogP contribution in [0, 0.1) is 5.92 Å². The van der Waals surface area contributed by atoms with Crippen LogP contribution in [0.25, 0.3) is 0 Å². The quantitative estimate of drug-likeness (QED) is 0.738. The molecular formula is C12H21BrO2. The van der Waals surface area contributed by atoms with E-state index in [0.717, 1.165) is 30.9 Å². The first-order valence-corrected chi connectivity index (χ1v) is 7.18. The third kappa shape index (κ3) is 2.95. The molecule has 0 amide bonds. The first-order valence-electron chi connectivity index (χ1n) is 6.06. The summed E-state index contributed by atoms with van der Waals surface area (Å²) in [5, 5.41) is 0.975. The fourth-order valence-corrected chi connectivity index (χ4v) is 3.22. The number of ether oxygens (including phenoxy) is 2. The maximum Gasteiger partial charge on any atom is 0.0838 e. The molecule has 1 atom stereocenters. The number of hydrogen-bond acceptors (Lipinski definition) is 2. The monoisotopic (exact) mass is 276 g/mol. The molecule has 15 heavy (non-hydrogen) atoms. The second-order valence-electron chi connectivity index (χ2n) is 5.10. The van der Waals surface area contributed by atoms with Gasteiger partial charge in [0.15, 0.2) is 0 Å². The van der Waals surface area contributed by atoms with Crippen LogP contribution < -0.4 is 0 Å². The van der Waals surface area contributed by atoms with E-state index in [1.54, 1.807) is 0 Å². The van der Waals surface area contributed by atoms with Crippen molar-refractivity contribution in [3.05, 3.63) is 0 Å². The minimum absolute atomic E-state index is 0.102. The van der Waals surface area contributed by atoms with Crippen LogP contribution in [0.2, 0.25) is 0 Å². The normalized spacial score (nSPS) is 42.0. The molecule has 1 aliphatic carbocycles. The zero-order chi connectivity index (χ0) is 10.7. The van der Waals surface area contributed by atoms with Crippen molar-refractivity contribution in [1.29, 1.82) is 0 Å². The van der Waals surface area contributed by atoms with Crippen molar-refractivity contribution < 1.29 is 9.47 Å². The van der Waals surface area contributed by atoms with E-state index in [4.69, 9.17) is 9.47 Å². The summed E-state index contributed by atoms with van der Waals surface area (Å²) in [6.07, 6.45) is 6.44. The van der Waals surface area contributed by atoms with Crippen molar-refractivity contribution in [2.45, 2.75) is 50.7 Å². The van der Waals surface area contributed by atoms with E-state index in [2.05, 4.69) is 22.9 Å². The summed E-state index contributed by atoms with van der Waals surface area (Å²) >= 11 is 3.63. The van der Waals surface area contributed by atoms with Crippen LogP contribution in [-0.2, 0) is 9.47 Å².